The number of ether oxygens (including phenoxy) is 1. The summed E-state index contributed by atoms with van der Waals surface area (Å²) in [6, 6.07) is 6.23. The molecule has 3 rings (SSSR count). The molecule has 1 saturated carbocycles. The molecule has 108 valence electrons. The maximum Gasteiger partial charge on any atom is 0.230 e. The molecule has 1 amide bonds. The lowest BCUT2D eigenvalue weighted by Gasteiger charge is -2.29. The zero-order valence-corrected chi connectivity index (χ0v) is 12.0. The van der Waals surface area contributed by atoms with Gasteiger partial charge in [-0.05, 0) is 30.5 Å². The van der Waals surface area contributed by atoms with E-state index in [1.807, 2.05) is 13.1 Å². The summed E-state index contributed by atoms with van der Waals surface area (Å²) in [6.45, 7) is 1.13. The molecule has 0 aromatic heterocycles. The van der Waals surface area contributed by atoms with Gasteiger partial charge in [0.25, 0.3) is 0 Å². The number of amides is 1. The Labute approximate surface area is 119 Å². The van der Waals surface area contributed by atoms with E-state index in [1.165, 1.54) is 18.4 Å². The second-order valence-electron chi connectivity index (χ2n) is 5.93. The van der Waals surface area contributed by atoms with E-state index in [0.717, 1.165) is 24.3 Å². The van der Waals surface area contributed by atoms with Gasteiger partial charge in [0.05, 0.1) is 18.7 Å². The predicted octanol–water partition coefficient (Wildman–Crippen LogP) is 2.20. The van der Waals surface area contributed by atoms with Crippen LogP contribution in [0.1, 0.15) is 37.7 Å². The van der Waals surface area contributed by atoms with Crippen LogP contribution in [0, 0.1) is 0 Å². The molecule has 0 bridgehead atoms. The van der Waals surface area contributed by atoms with Crippen LogP contribution in [-0.4, -0.2) is 26.1 Å². The Hall–Kier alpha value is -1.55. The Morgan fingerprint density at radius 3 is 2.80 bits per heavy atom. The minimum Gasteiger partial charge on any atom is -0.491 e. The van der Waals surface area contributed by atoms with Gasteiger partial charge in [-0.25, -0.2) is 0 Å². The van der Waals surface area contributed by atoms with E-state index >= 15 is 0 Å². The van der Waals surface area contributed by atoms with Gasteiger partial charge in [0.2, 0.25) is 5.91 Å². The number of fused-ring (bicyclic) bond motifs is 1. The van der Waals surface area contributed by atoms with Crippen molar-refractivity contribution in [1.82, 2.24) is 0 Å². The van der Waals surface area contributed by atoms with Crippen molar-refractivity contribution >= 4 is 11.6 Å². The van der Waals surface area contributed by atoms with Crippen molar-refractivity contribution in [2.45, 2.75) is 37.5 Å². The molecular weight excluding hydrogens is 252 g/mol. The summed E-state index contributed by atoms with van der Waals surface area (Å²) in [7, 11) is 1.82. The van der Waals surface area contributed by atoms with E-state index in [2.05, 4.69) is 12.1 Å². The van der Waals surface area contributed by atoms with E-state index in [0.29, 0.717) is 19.6 Å². The number of anilines is 1. The van der Waals surface area contributed by atoms with Crippen LogP contribution in [0.4, 0.5) is 5.69 Å². The summed E-state index contributed by atoms with van der Waals surface area (Å²) >= 11 is 0. The first-order chi connectivity index (χ1) is 9.66. The van der Waals surface area contributed by atoms with Crippen molar-refractivity contribution in [3.05, 3.63) is 23.8 Å². The average Bonchev–Trinajstić information content (AvgIpc) is 2.91. The minimum atomic E-state index is 0.0885. The normalized spacial score (nSPS) is 21.3. The fraction of sp³-hybridized carbons (Fsp3) is 0.562. The van der Waals surface area contributed by atoms with Gasteiger partial charge >= 0.3 is 0 Å². The number of hydrogen-bond acceptors (Lipinski definition) is 3. The highest BCUT2D eigenvalue weighted by Crippen LogP contribution is 2.43. The van der Waals surface area contributed by atoms with E-state index in [-0.39, 0.29) is 11.3 Å². The smallest absolute Gasteiger partial charge is 0.230 e. The zero-order valence-electron chi connectivity index (χ0n) is 12.0. The molecule has 1 aliphatic heterocycles. The number of benzene rings is 1. The maximum absolute atomic E-state index is 12.0. The Morgan fingerprint density at radius 2 is 2.10 bits per heavy atom. The number of nitrogens with two attached hydrogens (primary N) is 1. The molecule has 0 atom stereocenters. The third-order valence-electron chi connectivity index (χ3n) is 4.83. The number of rotatable bonds is 2. The van der Waals surface area contributed by atoms with Crippen LogP contribution in [0.3, 0.4) is 0 Å². The molecule has 0 spiro atoms. The summed E-state index contributed by atoms with van der Waals surface area (Å²) in [5.74, 6) is 0.904. The number of carbonyl (C=O) groups is 1. The van der Waals surface area contributed by atoms with Crippen LogP contribution in [0.2, 0.25) is 0 Å². The van der Waals surface area contributed by atoms with E-state index in [4.69, 9.17) is 10.5 Å². The van der Waals surface area contributed by atoms with Gasteiger partial charge in [-0.1, -0.05) is 18.9 Å². The first-order valence-corrected chi connectivity index (χ1v) is 7.40. The minimum absolute atomic E-state index is 0.0885. The molecule has 1 fully saturated rings. The fourth-order valence-corrected chi connectivity index (χ4v) is 3.44. The fourth-order valence-electron chi connectivity index (χ4n) is 3.44. The molecular formula is C16H22N2O2. The van der Waals surface area contributed by atoms with Crippen molar-refractivity contribution in [2.75, 3.05) is 25.1 Å². The van der Waals surface area contributed by atoms with Crippen LogP contribution in [0.5, 0.6) is 5.75 Å². The molecule has 2 N–H and O–H groups in total. The lowest BCUT2D eigenvalue weighted by atomic mass is 9.79. The lowest BCUT2D eigenvalue weighted by Crippen LogP contribution is -2.32. The molecule has 2 aliphatic rings. The summed E-state index contributed by atoms with van der Waals surface area (Å²) in [5, 5.41) is 0. The van der Waals surface area contributed by atoms with Gasteiger partial charge in [0.1, 0.15) is 5.75 Å². The lowest BCUT2D eigenvalue weighted by molar-refractivity contribution is -0.118. The molecule has 20 heavy (non-hydrogen) atoms. The largest absolute Gasteiger partial charge is 0.491 e. The Morgan fingerprint density at radius 1 is 1.35 bits per heavy atom. The SMILES string of the molecule is CN1C(=O)CCOc2ccc(C3(CN)CCCC3)cc21. The van der Waals surface area contributed by atoms with Crippen molar-refractivity contribution < 1.29 is 9.53 Å². The summed E-state index contributed by atoms with van der Waals surface area (Å²) < 4.78 is 5.68. The van der Waals surface area contributed by atoms with Crippen LogP contribution < -0.4 is 15.4 Å². The molecule has 4 heteroatoms. The topological polar surface area (TPSA) is 55.6 Å². The molecule has 1 aromatic carbocycles. The second kappa shape index (κ2) is 5.09. The zero-order chi connectivity index (χ0) is 14.2. The van der Waals surface area contributed by atoms with Gasteiger partial charge in [-0.15, -0.1) is 0 Å². The third-order valence-corrected chi connectivity index (χ3v) is 4.83. The maximum atomic E-state index is 12.0. The summed E-state index contributed by atoms with van der Waals surface area (Å²) in [5.41, 5.74) is 8.28. The van der Waals surface area contributed by atoms with Crippen molar-refractivity contribution in [1.29, 1.82) is 0 Å². The Kier molecular flexibility index (Phi) is 3.42. The van der Waals surface area contributed by atoms with E-state index in [1.54, 1.807) is 4.90 Å². The van der Waals surface area contributed by atoms with E-state index in [9.17, 15) is 4.79 Å². The number of carbonyl (C=O) groups excluding carboxylic acids is 1. The first kappa shape index (κ1) is 13.4. The molecule has 0 saturated heterocycles. The average molecular weight is 274 g/mol. The van der Waals surface area contributed by atoms with Crippen LogP contribution >= 0.6 is 0 Å². The van der Waals surface area contributed by atoms with Crippen LogP contribution in [0.25, 0.3) is 0 Å². The molecule has 0 unspecified atom stereocenters. The molecule has 0 radical (unpaired) electrons. The van der Waals surface area contributed by atoms with Gasteiger partial charge in [0, 0.05) is 19.0 Å². The standard InChI is InChI=1S/C16H22N2O2/c1-18-13-10-12(16(11-17)7-2-3-8-16)4-5-14(13)20-9-6-15(18)19/h4-5,10H,2-3,6-9,11,17H2,1H3. The monoisotopic (exact) mass is 274 g/mol. The second-order valence-corrected chi connectivity index (χ2v) is 5.93. The van der Waals surface area contributed by atoms with Crippen molar-refractivity contribution in [3.63, 3.8) is 0 Å². The Bertz CT molecular complexity index is 521. The van der Waals surface area contributed by atoms with Crippen molar-refractivity contribution in [2.24, 2.45) is 5.73 Å². The summed E-state index contributed by atoms with van der Waals surface area (Å²) in [4.78, 5) is 13.7. The Balaban J connectivity index is 2.03. The molecule has 1 aromatic rings. The quantitative estimate of drug-likeness (QED) is 0.899. The van der Waals surface area contributed by atoms with Gasteiger partial charge in [-0.3, -0.25) is 4.79 Å². The highest BCUT2D eigenvalue weighted by Gasteiger charge is 2.35. The number of nitrogens with zero attached hydrogens (tertiary/aromatic N) is 1. The highest BCUT2D eigenvalue weighted by atomic mass is 16.5. The third kappa shape index (κ3) is 2.08. The molecule has 1 aliphatic carbocycles. The van der Waals surface area contributed by atoms with Gasteiger partial charge in [-0.2, -0.15) is 0 Å². The summed E-state index contributed by atoms with van der Waals surface area (Å²) in [6.07, 6.45) is 5.18. The van der Waals surface area contributed by atoms with Gasteiger partial charge in [0.15, 0.2) is 0 Å². The first-order valence-electron chi connectivity index (χ1n) is 7.40. The predicted molar refractivity (Wildman–Crippen MR) is 79.2 cm³/mol. The van der Waals surface area contributed by atoms with E-state index < -0.39 is 0 Å². The van der Waals surface area contributed by atoms with Crippen molar-refractivity contribution in [3.8, 4) is 5.75 Å². The van der Waals surface area contributed by atoms with Crippen LogP contribution in [-0.2, 0) is 10.2 Å². The van der Waals surface area contributed by atoms with Gasteiger partial charge < -0.3 is 15.4 Å². The number of hydrogen-bond donors (Lipinski definition) is 1. The van der Waals surface area contributed by atoms with Crippen LogP contribution in [0.15, 0.2) is 18.2 Å². The highest BCUT2D eigenvalue weighted by molar-refractivity contribution is 5.95. The molecule has 4 nitrogen and oxygen atoms in total. The molecule has 1 heterocycles.